The second-order valence-corrected chi connectivity index (χ2v) is 9.33. The first-order valence-corrected chi connectivity index (χ1v) is 12.5. The topological polar surface area (TPSA) is 91.8 Å². The second kappa shape index (κ2) is 12.2. The van der Waals surface area contributed by atoms with Gasteiger partial charge in [-0.2, -0.15) is 0 Å². The van der Waals surface area contributed by atoms with Crippen molar-refractivity contribution in [1.29, 1.82) is 0 Å². The molecule has 0 aliphatic rings. The molecule has 0 saturated heterocycles. The maximum atomic E-state index is 13.2. The summed E-state index contributed by atoms with van der Waals surface area (Å²) in [5.41, 5.74) is 3.35. The highest BCUT2D eigenvalue weighted by molar-refractivity contribution is 7.98. The zero-order valence-corrected chi connectivity index (χ0v) is 20.7. The zero-order valence-electron chi connectivity index (χ0n) is 19.9. The lowest BCUT2D eigenvalue weighted by Crippen LogP contribution is -2.32. The summed E-state index contributed by atoms with van der Waals surface area (Å²) >= 11 is 1.33. The van der Waals surface area contributed by atoms with Gasteiger partial charge in [0, 0.05) is 43.7 Å². The molecule has 0 bridgehead atoms. The van der Waals surface area contributed by atoms with Crippen LogP contribution in [0.5, 0.6) is 0 Å². The van der Waals surface area contributed by atoms with Crippen molar-refractivity contribution in [2.45, 2.75) is 30.2 Å². The SMILES string of the molecule is CN(CCc1ccccc1)C(=O)Cc1nc(SCc2ccc(F)cc2)[nH]c(=O)c1Cc1cncnc1. The quantitative estimate of drug-likeness (QED) is 0.261. The van der Waals surface area contributed by atoms with E-state index in [1.807, 2.05) is 30.3 Å². The number of likely N-dealkylation sites (N-methyl/N-ethyl adjacent to an activating group) is 1. The molecule has 0 aliphatic heterocycles. The highest BCUT2D eigenvalue weighted by atomic mass is 32.2. The summed E-state index contributed by atoms with van der Waals surface area (Å²) in [5, 5.41) is 0.409. The van der Waals surface area contributed by atoms with E-state index in [0.29, 0.717) is 28.7 Å². The molecule has 2 aromatic carbocycles. The fraction of sp³-hybridized carbons (Fsp3) is 0.222. The molecule has 2 heterocycles. The van der Waals surface area contributed by atoms with Crippen LogP contribution in [0.15, 0.2) is 83.3 Å². The molecule has 0 radical (unpaired) electrons. The van der Waals surface area contributed by atoms with Crippen LogP contribution in [0, 0.1) is 5.82 Å². The van der Waals surface area contributed by atoms with Crippen molar-refractivity contribution in [3.05, 3.63) is 117 Å². The number of hydrogen-bond acceptors (Lipinski definition) is 6. The van der Waals surface area contributed by atoms with E-state index in [-0.39, 0.29) is 30.1 Å². The van der Waals surface area contributed by atoms with E-state index >= 15 is 0 Å². The highest BCUT2D eigenvalue weighted by Gasteiger charge is 2.18. The fourth-order valence-electron chi connectivity index (χ4n) is 3.62. The third kappa shape index (κ3) is 7.08. The van der Waals surface area contributed by atoms with Gasteiger partial charge in [0.05, 0.1) is 12.1 Å². The van der Waals surface area contributed by atoms with Gasteiger partial charge in [-0.05, 0) is 35.2 Å². The molecule has 0 spiro atoms. The fourth-order valence-corrected chi connectivity index (χ4v) is 4.46. The van der Waals surface area contributed by atoms with Crippen LogP contribution >= 0.6 is 11.8 Å². The largest absolute Gasteiger partial charge is 0.345 e. The number of benzene rings is 2. The van der Waals surface area contributed by atoms with E-state index in [2.05, 4.69) is 19.9 Å². The van der Waals surface area contributed by atoms with E-state index in [4.69, 9.17) is 0 Å². The summed E-state index contributed by atoms with van der Waals surface area (Å²) in [4.78, 5) is 43.3. The maximum absolute atomic E-state index is 13.2. The number of H-pyrrole nitrogens is 1. The number of carbonyl (C=O) groups excluding carboxylic acids is 1. The minimum atomic E-state index is -0.304. The zero-order chi connectivity index (χ0) is 25.3. The van der Waals surface area contributed by atoms with E-state index in [1.54, 1.807) is 36.5 Å². The third-order valence-electron chi connectivity index (χ3n) is 5.69. The van der Waals surface area contributed by atoms with Crippen molar-refractivity contribution >= 4 is 17.7 Å². The predicted octanol–water partition coefficient (Wildman–Crippen LogP) is 3.83. The number of nitrogens with one attached hydrogen (secondary N) is 1. The van der Waals surface area contributed by atoms with Crippen molar-refractivity contribution in [1.82, 2.24) is 24.8 Å². The van der Waals surface area contributed by atoms with Gasteiger partial charge >= 0.3 is 0 Å². The number of hydrogen-bond donors (Lipinski definition) is 1. The summed E-state index contributed by atoms with van der Waals surface area (Å²) in [6.45, 7) is 0.556. The molecule has 4 aromatic rings. The number of aromatic amines is 1. The molecular weight excluding hydrogens is 477 g/mol. The molecule has 7 nitrogen and oxygen atoms in total. The lowest BCUT2D eigenvalue weighted by molar-refractivity contribution is -0.129. The van der Waals surface area contributed by atoms with Crippen LogP contribution < -0.4 is 5.56 Å². The van der Waals surface area contributed by atoms with Crippen molar-refractivity contribution in [2.75, 3.05) is 13.6 Å². The number of aromatic nitrogens is 4. The van der Waals surface area contributed by atoms with Gasteiger partial charge in [-0.1, -0.05) is 54.2 Å². The monoisotopic (exact) mass is 503 g/mol. The summed E-state index contributed by atoms with van der Waals surface area (Å²) in [7, 11) is 1.76. The Labute approximate surface area is 212 Å². The first kappa shape index (κ1) is 25.2. The predicted molar refractivity (Wildman–Crippen MR) is 137 cm³/mol. The highest BCUT2D eigenvalue weighted by Crippen LogP contribution is 2.20. The molecule has 0 atom stereocenters. The van der Waals surface area contributed by atoms with Crippen LogP contribution in [-0.4, -0.2) is 44.3 Å². The van der Waals surface area contributed by atoms with E-state index in [9.17, 15) is 14.0 Å². The van der Waals surface area contributed by atoms with Gasteiger partial charge in [-0.3, -0.25) is 9.59 Å². The molecule has 9 heteroatoms. The minimum absolute atomic E-state index is 0.00232. The second-order valence-electron chi connectivity index (χ2n) is 8.36. The van der Waals surface area contributed by atoms with Crippen LogP contribution in [0.3, 0.4) is 0 Å². The Morgan fingerprint density at radius 2 is 1.72 bits per heavy atom. The number of nitrogens with zero attached hydrogens (tertiary/aromatic N) is 4. The lowest BCUT2D eigenvalue weighted by atomic mass is 10.0. The third-order valence-corrected chi connectivity index (χ3v) is 6.63. The molecule has 0 aliphatic carbocycles. The van der Waals surface area contributed by atoms with Crippen LogP contribution in [0.4, 0.5) is 4.39 Å². The Balaban J connectivity index is 1.53. The first-order chi connectivity index (χ1) is 17.5. The Morgan fingerprint density at radius 1 is 1.00 bits per heavy atom. The van der Waals surface area contributed by atoms with Crippen LogP contribution in [0.2, 0.25) is 0 Å². The summed E-state index contributed by atoms with van der Waals surface area (Å²) in [6, 6.07) is 16.1. The lowest BCUT2D eigenvalue weighted by Gasteiger charge is -2.18. The average Bonchev–Trinajstić information content (AvgIpc) is 2.90. The van der Waals surface area contributed by atoms with Gasteiger partial charge in [0.25, 0.3) is 5.56 Å². The molecule has 1 amide bonds. The van der Waals surface area contributed by atoms with E-state index in [1.165, 1.54) is 30.2 Å². The number of halogens is 1. The molecule has 0 fully saturated rings. The van der Waals surface area contributed by atoms with Gasteiger partial charge in [-0.15, -0.1) is 0 Å². The Bertz CT molecular complexity index is 1350. The smallest absolute Gasteiger partial charge is 0.255 e. The summed E-state index contributed by atoms with van der Waals surface area (Å²) in [6.07, 6.45) is 5.71. The van der Waals surface area contributed by atoms with Gasteiger partial charge in [0.1, 0.15) is 12.1 Å². The number of rotatable bonds is 10. The summed E-state index contributed by atoms with van der Waals surface area (Å²) in [5.74, 6) is 0.0743. The Hall–Kier alpha value is -3.85. The Kier molecular flexibility index (Phi) is 8.57. The van der Waals surface area contributed by atoms with Crippen molar-refractivity contribution in [3.63, 3.8) is 0 Å². The minimum Gasteiger partial charge on any atom is -0.345 e. The summed E-state index contributed by atoms with van der Waals surface area (Å²) < 4.78 is 13.2. The average molecular weight is 504 g/mol. The molecule has 2 aromatic heterocycles. The Morgan fingerprint density at radius 3 is 2.44 bits per heavy atom. The first-order valence-electron chi connectivity index (χ1n) is 11.5. The van der Waals surface area contributed by atoms with Gasteiger partial charge in [0.2, 0.25) is 5.91 Å². The van der Waals surface area contributed by atoms with E-state index in [0.717, 1.165) is 23.1 Å². The van der Waals surface area contributed by atoms with Crippen LogP contribution in [0.25, 0.3) is 0 Å². The molecule has 4 rings (SSSR count). The van der Waals surface area contributed by atoms with Crippen LogP contribution in [-0.2, 0) is 29.8 Å². The maximum Gasteiger partial charge on any atom is 0.255 e. The molecule has 1 N–H and O–H groups in total. The molecule has 36 heavy (non-hydrogen) atoms. The molecule has 0 saturated carbocycles. The van der Waals surface area contributed by atoms with Crippen LogP contribution in [0.1, 0.15) is 27.9 Å². The van der Waals surface area contributed by atoms with Crippen molar-refractivity contribution in [2.24, 2.45) is 0 Å². The van der Waals surface area contributed by atoms with Gasteiger partial charge in [0.15, 0.2) is 5.16 Å². The molecular formula is C27H26FN5O2S. The standard InChI is InChI=1S/C27H26FN5O2S/c1-33(12-11-19-5-3-2-4-6-19)25(34)14-24-23(13-21-15-29-18-30-16-21)26(35)32-27(31-24)36-17-20-7-9-22(28)10-8-20/h2-10,15-16,18H,11-14,17H2,1H3,(H,31,32,35). The number of thioether (sulfide) groups is 1. The van der Waals surface area contributed by atoms with Gasteiger partial charge in [-0.25, -0.2) is 19.3 Å². The molecule has 0 unspecified atom stereocenters. The van der Waals surface area contributed by atoms with Crippen molar-refractivity contribution < 1.29 is 9.18 Å². The van der Waals surface area contributed by atoms with Gasteiger partial charge < -0.3 is 9.88 Å². The number of amides is 1. The van der Waals surface area contributed by atoms with Crippen molar-refractivity contribution in [3.8, 4) is 0 Å². The normalized spacial score (nSPS) is 10.8. The molecule has 184 valence electrons. The van der Waals surface area contributed by atoms with E-state index < -0.39 is 0 Å². The number of carbonyl (C=O) groups is 1.